The van der Waals surface area contributed by atoms with Gasteiger partial charge in [-0.1, -0.05) is 49.2 Å². The largest absolute Gasteiger partial charge is 0.335 e. The van der Waals surface area contributed by atoms with Gasteiger partial charge in [0.05, 0.1) is 6.54 Å². The fourth-order valence-corrected chi connectivity index (χ4v) is 5.44. The molecule has 1 N–H and O–H groups in total. The molecule has 2 fully saturated rings. The Kier molecular flexibility index (Phi) is 6.82. The van der Waals surface area contributed by atoms with Crippen molar-refractivity contribution in [2.45, 2.75) is 58.0 Å². The van der Waals surface area contributed by atoms with E-state index in [1.165, 1.54) is 4.90 Å². The molecule has 0 radical (unpaired) electrons. The molecule has 1 saturated carbocycles. The van der Waals surface area contributed by atoms with E-state index in [2.05, 4.69) is 5.32 Å². The molecular weight excluding hydrogens is 414 g/mol. The first-order valence-electron chi connectivity index (χ1n) is 11.9. The van der Waals surface area contributed by atoms with E-state index in [9.17, 15) is 14.4 Å². The number of benzene rings is 2. The number of anilines is 1. The highest BCUT2D eigenvalue weighted by Gasteiger charge is 2.48. The molecule has 0 bridgehead atoms. The smallest absolute Gasteiger partial charge is 0.254 e. The molecular formula is C27H33N3O3. The van der Waals surface area contributed by atoms with Gasteiger partial charge in [0, 0.05) is 24.3 Å². The number of amides is 3. The van der Waals surface area contributed by atoms with Crippen molar-refractivity contribution >= 4 is 23.4 Å². The van der Waals surface area contributed by atoms with Crippen molar-refractivity contribution in [3.05, 3.63) is 65.2 Å². The van der Waals surface area contributed by atoms with Crippen LogP contribution in [0, 0.1) is 19.8 Å². The van der Waals surface area contributed by atoms with Gasteiger partial charge in [-0.15, -0.1) is 0 Å². The van der Waals surface area contributed by atoms with Gasteiger partial charge < -0.3 is 15.1 Å². The summed E-state index contributed by atoms with van der Waals surface area (Å²) >= 11 is 0. The molecule has 2 aliphatic rings. The molecule has 0 aromatic heterocycles. The number of carbonyl (C=O) groups excluding carboxylic acids is 3. The predicted octanol–water partition coefficient (Wildman–Crippen LogP) is 4.17. The van der Waals surface area contributed by atoms with Crippen LogP contribution in [-0.4, -0.2) is 53.2 Å². The predicted molar refractivity (Wildman–Crippen MR) is 129 cm³/mol. The van der Waals surface area contributed by atoms with Crippen molar-refractivity contribution in [2.75, 3.05) is 18.9 Å². The molecule has 3 unspecified atom stereocenters. The van der Waals surface area contributed by atoms with Crippen LogP contribution in [0.4, 0.5) is 5.69 Å². The molecule has 1 aliphatic heterocycles. The third-order valence-electron chi connectivity index (χ3n) is 7.13. The lowest BCUT2D eigenvalue weighted by Crippen LogP contribution is -2.51. The van der Waals surface area contributed by atoms with Crippen molar-refractivity contribution in [2.24, 2.45) is 5.92 Å². The van der Waals surface area contributed by atoms with Crippen LogP contribution in [0.1, 0.15) is 53.6 Å². The van der Waals surface area contributed by atoms with Gasteiger partial charge in [0.15, 0.2) is 0 Å². The summed E-state index contributed by atoms with van der Waals surface area (Å²) in [7, 11) is 1.65. The van der Waals surface area contributed by atoms with Gasteiger partial charge in [-0.3, -0.25) is 14.4 Å². The van der Waals surface area contributed by atoms with Gasteiger partial charge in [-0.25, -0.2) is 0 Å². The maximum absolute atomic E-state index is 13.5. The minimum absolute atomic E-state index is 0.0498. The van der Waals surface area contributed by atoms with E-state index in [4.69, 9.17) is 0 Å². The first kappa shape index (κ1) is 23.0. The summed E-state index contributed by atoms with van der Waals surface area (Å²) < 4.78 is 0. The summed E-state index contributed by atoms with van der Waals surface area (Å²) in [6.45, 7) is 3.85. The van der Waals surface area contributed by atoms with Gasteiger partial charge in [0.25, 0.3) is 5.91 Å². The summed E-state index contributed by atoms with van der Waals surface area (Å²) in [5.41, 5.74) is 3.36. The van der Waals surface area contributed by atoms with Crippen LogP contribution in [0.3, 0.4) is 0 Å². The summed E-state index contributed by atoms with van der Waals surface area (Å²) in [5.74, 6) is -0.140. The molecule has 2 aromatic carbocycles. The van der Waals surface area contributed by atoms with E-state index >= 15 is 0 Å². The van der Waals surface area contributed by atoms with E-state index in [-0.39, 0.29) is 30.3 Å². The number of hydrogen-bond donors (Lipinski definition) is 1. The Bertz CT molecular complexity index is 1020. The van der Waals surface area contributed by atoms with Gasteiger partial charge >= 0.3 is 0 Å². The summed E-state index contributed by atoms with van der Waals surface area (Å²) in [6, 6.07) is 14.6. The van der Waals surface area contributed by atoms with Crippen molar-refractivity contribution in [1.29, 1.82) is 0 Å². The Morgan fingerprint density at radius 2 is 1.64 bits per heavy atom. The van der Waals surface area contributed by atoms with E-state index in [0.717, 1.165) is 42.5 Å². The standard InChI is InChI=1S/C27H33N3O3/c1-18-10-9-11-19(2)25(18)28-24(31)17-29(3)27(33)23-16-21-14-7-8-15-22(21)30(23)26(32)20-12-5-4-6-13-20/h4-6,9-13,21-23H,7-8,14-17H2,1-3H3,(H,28,31). The number of hydrogen-bond acceptors (Lipinski definition) is 3. The van der Waals surface area contributed by atoms with Crippen molar-refractivity contribution in [1.82, 2.24) is 9.80 Å². The molecule has 3 amide bonds. The average Bonchev–Trinajstić information content (AvgIpc) is 3.20. The minimum Gasteiger partial charge on any atom is -0.335 e. The molecule has 174 valence electrons. The lowest BCUT2D eigenvalue weighted by Gasteiger charge is -2.34. The van der Waals surface area contributed by atoms with Gasteiger partial charge in [-0.05, 0) is 62.3 Å². The summed E-state index contributed by atoms with van der Waals surface area (Å²) in [6.07, 6.45) is 4.87. The zero-order valence-corrected chi connectivity index (χ0v) is 19.7. The second-order valence-electron chi connectivity index (χ2n) is 9.45. The summed E-state index contributed by atoms with van der Waals surface area (Å²) in [5, 5.41) is 2.95. The van der Waals surface area contributed by atoms with E-state index in [1.807, 2.05) is 67.3 Å². The molecule has 3 atom stereocenters. The molecule has 6 nitrogen and oxygen atoms in total. The van der Waals surface area contributed by atoms with Gasteiger partial charge in [0.1, 0.15) is 6.04 Å². The van der Waals surface area contributed by atoms with Crippen LogP contribution >= 0.6 is 0 Å². The number of likely N-dealkylation sites (N-methyl/N-ethyl adjacent to an activating group) is 1. The number of nitrogens with zero attached hydrogens (tertiary/aromatic N) is 2. The third-order valence-corrected chi connectivity index (χ3v) is 7.13. The Morgan fingerprint density at radius 1 is 0.970 bits per heavy atom. The quantitative estimate of drug-likeness (QED) is 0.748. The second kappa shape index (κ2) is 9.77. The Labute approximate surface area is 196 Å². The molecule has 0 spiro atoms. The lowest BCUT2D eigenvalue weighted by molar-refractivity contribution is -0.137. The number of nitrogens with one attached hydrogen (secondary N) is 1. The Hall–Kier alpha value is -3.15. The molecule has 1 saturated heterocycles. The van der Waals surface area contributed by atoms with E-state index in [1.54, 1.807) is 7.05 Å². The first-order chi connectivity index (χ1) is 15.9. The number of carbonyl (C=O) groups is 3. The van der Waals surface area contributed by atoms with Crippen molar-refractivity contribution in [3.63, 3.8) is 0 Å². The summed E-state index contributed by atoms with van der Waals surface area (Å²) in [4.78, 5) is 43.0. The second-order valence-corrected chi connectivity index (χ2v) is 9.45. The van der Waals surface area contributed by atoms with E-state index < -0.39 is 6.04 Å². The van der Waals surface area contributed by atoms with Crippen LogP contribution in [0.2, 0.25) is 0 Å². The topological polar surface area (TPSA) is 69.7 Å². The van der Waals surface area contributed by atoms with Crippen LogP contribution in [-0.2, 0) is 9.59 Å². The van der Waals surface area contributed by atoms with Crippen LogP contribution in [0.15, 0.2) is 48.5 Å². The van der Waals surface area contributed by atoms with Crippen LogP contribution in [0.25, 0.3) is 0 Å². The number of likely N-dealkylation sites (tertiary alicyclic amines) is 1. The number of aryl methyl sites for hydroxylation is 2. The highest BCUT2D eigenvalue weighted by molar-refractivity contribution is 6.00. The molecule has 2 aromatic rings. The van der Waals surface area contributed by atoms with Crippen LogP contribution < -0.4 is 5.32 Å². The number of rotatable bonds is 5. The number of fused-ring (bicyclic) bond motifs is 1. The van der Waals surface area contributed by atoms with Crippen molar-refractivity contribution < 1.29 is 14.4 Å². The zero-order valence-electron chi connectivity index (χ0n) is 19.7. The van der Waals surface area contributed by atoms with Gasteiger partial charge in [0.2, 0.25) is 11.8 Å². The van der Waals surface area contributed by atoms with E-state index in [0.29, 0.717) is 17.9 Å². The van der Waals surface area contributed by atoms with Crippen LogP contribution in [0.5, 0.6) is 0 Å². The van der Waals surface area contributed by atoms with Crippen molar-refractivity contribution in [3.8, 4) is 0 Å². The lowest BCUT2D eigenvalue weighted by atomic mass is 9.84. The minimum atomic E-state index is -0.524. The average molecular weight is 448 g/mol. The fraction of sp³-hybridized carbons (Fsp3) is 0.444. The fourth-order valence-electron chi connectivity index (χ4n) is 5.44. The number of para-hydroxylation sites is 1. The first-order valence-corrected chi connectivity index (χ1v) is 11.9. The monoisotopic (exact) mass is 447 g/mol. The highest BCUT2D eigenvalue weighted by atomic mass is 16.2. The van der Waals surface area contributed by atoms with Gasteiger partial charge in [-0.2, -0.15) is 0 Å². The third kappa shape index (κ3) is 4.80. The normalized spacial score (nSPS) is 21.9. The molecule has 1 heterocycles. The Balaban J connectivity index is 1.50. The molecule has 33 heavy (non-hydrogen) atoms. The molecule has 6 heteroatoms. The highest BCUT2D eigenvalue weighted by Crippen LogP contribution is 2.41. The SMILES string of the molecule is Cc1cccc(C)c1NC(=O)CN(C)C(=O)C1CC2CCCCC2N1C(=O)c1ccccc1. The molecule has 1 aliphatic carbocycles. The molecule has 4 rings (SSSR count). The maximum atomic E-state index is 13.5. The zero-order chi connectivity index (χ0) is 23.5. The Morgan fingerprint density at radius 3 is 2.33 bits per heavy atom. The maximum Gasteiger partial charge on any atom is 0.254 e.